The lowest BCUT2D eigenvalue weighted by Gasteiger charge is -2.13. The molecule has 4 nitrogen and oxygen atoms in total. The predicted molar refractivity (Wildman–Crippen MR) is 76.8 cm³/mol. The van der Waals surface area contributed by atoms with Gasteiger partial charge in [0.05, 0.1) is 11.9 Å². The number of hydrogen-bond donors (Lipinski definition) is 0. The summed E-state index contributed by atoms with van der Waals surface area (Å²) in [5, 5.41) is 0.665. The van der Waals surface area contributed by atoms with Gasteiger partial charge in [0.15, 0.2) is 17.8 Å². The highest BCUT2D eigenvalue weighted by Crippen LogP contribution is 2.32. The van der Waals surface area contributed by atoms with Gasteiger partial charge in [0.1, 0.15) is 0 Å². The quantitative estimate of drug-likeness (QED) is 0.569. The third kappa shape index (κ3) is 4.23. The number of ether oxygens (including phenoxy) is 4. The molecule has 0 amide bonds. The molecule has 1 aromatic rings. The van der Waals surface area contributed by atoms with Crippen molar-refractivity contribution in [1.82, 2.24) is 0 Å². The number of halogens is 1. The summed E-state index contributed by atoms with van der Waals surface area (Å²) in [6.07, 6.45) is 3.73. The van der Waals surface area contributed by atoms with E-state index in [1.165, 1.54) is 0 Å². The molecule has 0 aliphatic carbocycles. The van der Waals surface area contributed by atoms with Gasteiger partial charge < -0.3 is 18.9 Å². The first-order chi connectivity index (χ1) is 9.33. The number of hydrogen-bond acceptors (Lipinski definition) is 4. The summed E-state index contributed by atoms with van der Waals surface area (Å²) < 4.78 is 21.5. The Morgan fingerprint density at radius 3 is 2.95 bits per heavy atom. The van der Waals surface area contributed by atoms with Crippen molar-refractivity contribution in [3.8, 4) is 11.5 Å². The second-order valence-electron chi connectivity index (χ2n) is 3.89. The van der Waals surface area contributed by atoms with Crippen LogP contribution in [-0.4, -0.2) is 31.6 Å². The van der Waals surface area contributed by atoms with Crippen LogP contribution in [-0.2, 0) is 9.47 Å². The molecular formula is C14H17BrO4. The fraction of sp³-hybridized carbons (Fsp3) is 0.429. The third-order valence-corrected chi connectivity index (χ3v) is 3.09. The molecule has 0 aromatic heterocycles. The molecule has 0 fully saturated rings. The Labute approximate surface area is 121 Å². The summed E-state index contributed by atoms with van der Waals surface area (Å²) in [7, 11) is 0. The maximum atomic E-state index is 5.53. The smallest absolute Gasteiger partial charge is 0.231 e. The van der Waals surface area contributed by atoms with Gasteiger partial charge in [-0.1, -0.05) is 34.1 Å². The minimum atomic E-state index is -0.202. The number of benzene rings is 1. The van der Waals surface area contributed by atoms with Crippen LogP contribution in [0.1, 0.15) is 12.5 Å². The molecule has 0 radical (unpaired) electrons. The van der Waals surface area contributed by atoms with Gasteiger partial charge in [-0.25, -0.2) is 0 Å². The predicted octanol–water partition coefficient (Wildman–Crippen LogP) is 3.20. The Bertz CT molecular complexity index is 433. The third-order valence-electron chi connectivity index (χ3n) is 2.56. The molecule has 1 atom stereocenters. The first-order valence-corrected chi connectivity index (χ1v) is 7.31. The van der Waals surface area contributed by atoms with Gasteiger partial charge in [-0.15, -0.1) is 0 Å². The highest BCUT2D eigenvalue weighted by atomic mass is 79.9. The van der Waals surface area contributed by atoms with Crippen molar-refractivity contribution in [1.29, 1.82) is 0 Å². The summed E-state index contributed by atoms with van der Waals surface area (Å²) in [4.78, 5) is 0. The van der Waals surface area contributed by atoms with Crippen molar-refractivity contribution in [2.75, 3.05) is 25.3 Å². The number of fused-ring (bicyclic) bond motifs is 1. The highest BCUT2D eigenvalue weighted by molar-refractivity contribution is 9.09. The number of alkyl halides is 1. The molecule has 0 bridgehead atoms. The maximum Gasteiger partial charge on any atom is 0.231 e. The lowest BCUT2D eigenvalue weighted by molar-refractivity contribution is -0.114. The van der Waals surface area contributed by atoms with Gasteiger partial charge in [0.2, 0.25) is 6.79 Å². The van der Waals surface area contributed by atoms with E-state index in [1.54, 1.807) is 0 Å². The molecule has 0 saturated carbocycles. The van der Waals surface area contributed by atoms with E-state index in [1.807, 2.05) is 37.3 Å². The van der Waals surface area contributed by atoms with E-state index >= 15 is 0 Å². The molecule has 19 heavy (non-hydrogen) atoms. The van der Waals surface area contributed by atoms with Crippen LogP contribution >= 0.6 is 15.9 Å². The maximum absolute atomic E-state index is 5.53. The van der Waals surface area contributed by atoms with E-state index in [2.05, 4.69) is 15.9 Å². The van der Waals surface area contributed by atoms with Crippen molar-refractivity contribution >= 4 is 22.0 Å². The number of rotatable bonds is 7. The van der Waals surface area contributed by atoms with Crippen LogP contribution in [0, 0.1) is 0 Å². The minimum absolute atomic E-state index is 0.202. The Kier molecular flexibility index (Phi) is 5.69. The van der Waals surface area contributed by atoms with Gasteiger partial charge in [0, 0.05) is 6.61 Å². The van der Waals surface area contributed by atoms with E-state index in [0.29, 0.717) is 25.3 Å². The van der Waals surface area contributed by atoms with E-state index in [0.717, 1.165) is 17.1 Å². The zero-order valence-electron chi connectivity index (χ0n) is 10.8. The van der Waals surface area contributed by atoms with Crippen molar-refractivity contribution in [3.05, 3.63) is 29.8 Å². The van der Waals surface area contributed by atoms with Crippen molar-refractivity contribution in [3.63, 3.8) is 0 Å². The fourth-order valence-electron chi connectivity index (χ4n) is 1.69. The van der Waals surface area contributed by atoms with Gasteiger partial charge in [0.25, 0.3) is 0 Å². The molecule has 1 unspecified atom stereocenters. The van der Waals surface area contributed by atoms with Gasteiger partial charge in [-0.3, -0.25) is 0 Å². The fourth-order valence-corrected chi connectivity index (χ4v) is 2.06. The lowest BCUT2D eigenvalue weighted by atomic mass is 10.2. The zero-order chi connectivity index (χ0) is 13.5. The SMILES string of the molecule is CCOC(CBr)OC/C=C/c1ccc2c(c1)OCO2. The van der Waals surface area contributed by atoms with Crippen molar-refractivity contribution in [2.24, 2.45) is 0 Å². The Morgan fingerprint density at radius 1 is 1.32 bits per heavy atom. The first-order valence-electron chi connectivity index (χ1n) is 6.19. The minimum Gasteiger partial charge on any atom is -0.454 e. The van der Waals surface area contributed by atoms with Crippen LogP contribution in [0.5, 0.6) is 11.5 Å². The standard InChI is InChI=1S/C14H17BrO4/c1-2-16-14(9-15)17-7-3-4-11-5-6-12-13(8-11)19-10-18-12/h3-6,8,14H,2,7,9-10H2,1H3/b4-3+. The van der Waals surface area contributed by atoms with Crippen LogP contribution in [0.25, 0.3) is 6.08 Å². The molecule has 0 N–H and O–H groups in total. The van der Waals surface area contributed by atoms with Crippen LogP contribution in [0.4, 0.5) is 0 Å². The second kappa shape index (κ2) is 7.53. The molecule has 1 aromatic carbocycles. The molecule has 2 rings (SSSR count). The van der Waals surface area contributed by atoms with Crippen molar-refractivity contribution < 1.29 is 18.9 Å². The van der Waals surface area contributed by atoms with Gasteiger partial charge in [-0.2, -0.15) is 0 Å². The average Bonchev–Trinajstić information content (AvgIpc) is 2.89. The molecule has 1 aliphatic heterocycles. The summed E-state index contributed by atoms with van der Waals surface area (Å²) in [6, 6.07) is 5.84. The second-order valence-corrected chi connectivity index (χ2v) is 4.54. The Morgan fingerprint density at radius 2 is 2.16 bits per heavy atom. The summed E-state index contributed by atoms with van der Waals surface area (Å²) >= 11 is 3.34. The van der Waals surface area contributed by atoms with E-state index in [4.69, 9.17) is 18.9 Å². The summed E-state index contributed by atoms with van der Waals surface area (Å²) in [5.41, 5.74) is 1.06. The first kappa shape index (κ1) is 14.4. The Hall–Kier alpha value is -1.04. The molecular weight excluding hydrogens is 312 g/mol. The molecule has 1 aliphatic rings. The highest BCUT2D eigenvalue weighted by Gasteiger charge is 2.12. The van der Waals surface area contributed by atoms with Gasteiger partial charge >= 0.3 is 0 Å². The summed E-state index contributed by atoms with van der Waals surface area (Å²) in [6.45, 7) is 3.39. The molecule has 5 heteroatoms. The monoisotopic (exact) mass is 328 g/mol. The van der Waals surface area contributed by atoms with E-state index < -0.39 is 0 Å². The van der Waals surface area contributed by atoms with Crippen LogP contribution in [0.3, 0.4) is 0 Å². The average molecular weight is 329 g/mol. The summed E-state index contributed by atoms with van der Waals surface area (Å²) in [5.74, 6) is 1.58. The molecule has 0 spiro atoms. The molecule has 1 heterocycles. The van der Waals surface area contributed by atoms with Crippen LogP contribution in [0.2, 0.25) is 0 Å². The molecule has 104 valence electrons. The Balaban J connectivity index is 1.82. The topological polar surface area (TPSA) is 36.9 Å². The zero-order valence-corrected chi connectivity index (χ0v) is 12.4. The largest absolute Gasteiger partial charge is 0.454 e. The normalized spacial score (nSPS) is 15.1. The van der Waals surface area contributed by atoms with E-state index in [-0.39, 0.29) is 6.29 Å². The van der Waals surface area contributed by atoms with Gasteiger partial charge in [-0.05, 0) is 24.6 Å². The van der Waals surface area contributed by atoms with Crippen molar-refractivity contribution in [2.45, 2.75) is 13.2 Å². The van der Waals surface area contributed by atoms with Crippen LogP contribution in [0.15, 0.2) is 24.3 Å². The van der Waals surface area contributed by atoms with Crippen LogP contribution < -0.4 is 9.47 Å². The molecule has 0 saturated heterocycles. The lowest BCUT2D eigenvalue weighted by Crippen LogP contribution is -2.18. The van der Waals surface area contributed by atoms with E-state index in [9.17, 15) is 0 Å².